The summed E-state index contributed by atoms with van der Waals surface area (Å²) in [6.07, 6.45) is 2.53. The van der Waals surface area contributed by atoms with Crippen molar-refractivity contribution < 1.29 is 9.13 Å². The molecule has 0 amide bonds. The second-order valence-corrected chi connectivity index (χ2v) is 5.76. The third-order valence-corrected chi connectivity index (χ3v) is 4.60. The summed E-state index contributed by atoms with van der Waals surface area (Å²) in [5.41, 5.74) is 0. The van der Waals surface area contributed by atoms with Crippen molar-refractivity contribution in [3.63, 3.8) is 0 Å². The van der Waals surface area contributed by atoms with Crippen LogP contribution in [0.5, 0.6) is 0 Å². The average Bonchev–Trinajstić information content (AvgIpc) is 2.23. The molecule has 0 aliphatic carbocycles. The van der Waals surface area contributed by atoms with Gasteiger partial charge in [-0.05, 0) is 25.8 Å². The van der Waals surface area contributed by atoms with Gasteiger partial charge in [-0.15, -0.1) is 0 Å². The zero-order chi connectivity index (χ0) is 9.97. The molecule has 0 bridgehead atoms. The lowest BCUT2D eigenvalue weighted by molar-refractivity contribution is 0.0153. The predicted molar refractivity (Wildman–Crippen MR) is 62.7 cm³/mol. The van der Waals surface area contributed by atoms with Gasteiger partial charge in [0.25, 0.3) is 0 Å². The number of rotatable bonds is 1. The van der Waals surface area contributed by atoms with Gasteiger partial charge in [0.1, 0.15) is 6.17 Å². The van der Waals surface area contributed by atoms with E-state index in [9.17, 15) is 4.39 Å². The Morgan fingerprint density at radius 3 is 2.57 bits per heavy atom. The molecule has 0 spiro atoms. The number of likely N-dealkylation sites (tertiary alicyclic amines) is 1. The predicted octanol–water partition coefficient (Wildman–Crippen LogP) is 2.01. The average molecular weight is 313 g/mol. The Hall–Kier alpha value is 0.580. The maximum absolute atomic E-state index is 13.5. The fourth-order valence-electron chi connectivity index (χ4n) is 2.28. The highest BCUT2D eigenvalue weighted by molar-refractivity contribution is 14.1. The number of piperidine rings is 1. The number of halogens is 2. The van der Waals surface area contributed by atoms with Crippen LogP contribution in [0.2, 0.25) is 0 Å². The van der Waals surface area contributed by atoms with Gasteiger partial charge >= 0.3 is 0 Å². The maximum Gasteiger partial charge on any atom is 0.124 e. The number of alkyl halides is 2. The fraction of sp³-hybridized carbons (Fsp3) is 1.00. The minimum absolute atomic E-state index is 0.226. The monoisotopic (exact) mass is 313 g/mol. The zero-order valence-electron chi connectivity index (χ0n) is 8.29. The van der Waals surface area contributed by atoms with Gasteiger partial charge in [0.05, 0.1) is 0 Å². The Morgan fingerprint density at radius 1 is 1.21 bits per heavy atom. The molecule has 2 fully saturated rings. The number of nitrogens with zero attached hydrogens (tertiary/aromatic N) is 1. The molecule has 0 saturated carbocycles. The van der Waals surface area contributed by atoms with E-state index >= 15 is 0 Å². The largest absolute Gasteiger partial charge is 0.381 e. The molecule has 0 N–H and O–H groups in total. The van der Waals surface area contributed by atoms with E-state index in [1.807, 2.05) is 0 Å². The second-order valence-electron chi connectivity index (χ2n) is 4.16. The minimum atomic E-state index is -0.632. The first kappa shape index (κ1) is 11.1. The van der Waals surface area contributed by atoms with Crippen LogP contribution in [0.3, 0.4) is 0 Å². The molecule has 0 aromatic rings. The molecule has 2 aliphatic rings. The third kappa shape index (κ3) is 2.58. The molecule has 0 aromatic heterocycles. The molecule has 2 aliphatic heterocycles. The molecule has 2 saturated heterocycles. The first-order valence-corrected chi connectivity index (χ1v) is 6.62. The molecule has 0 radical (unpaired) electrons. The van der Waals surface area contributed by atoms with E-state index in [2.05, 4.69) is 27.5 Å². The maximum atomic E-state index is 13.5. The van der Waals surface area contributed by atoms with Gasteiger partial charge in [0.2, 0.25) is 0 Å². The van der Waals surface area contributed by atoms with E-state index in [1.165, 1.54) is 0 Å². The molecule has 2 heterocycles. The van der Waals surface area contributed by atoms with Crippen LogP contribution in [0, 0.1) is 0 Å². The number of hydrogen-bond acceptors (Lipinski definition) is 2. The summed E-state index contributed by atoms with van der Waals surface area (Å²) in [5.74, 6) is 0. The Bertz CT molecular complexity index is 187. The van der Waals surface area contributed by atoms with Gasteiger partial charge in [-0.3, -0.25) is 4.90 Å². The molecular weight excluding hydrogens is 296 g/mol. The van der Waals surface area contributed by atoms with Crippen molar-refractivity contribution in [2.75, 3.05) is 26.3 Å². The number of hydrogen-bond donors (Lipinski definition) is 0. The van der Waals surface area contributed by atoms with Gasteiger partial charge in [-0.1, -0.05) is 22.6 Å². The van der Waals surface area contributed by atoms with Gasteiger partial charge in [0.15, 0.2) is 0 Å². The van der Waals surface area contributed by atoms with Crippen LogP contribution in [0.15, 0.2) is 0 Å². The Labute approximate surface area is 98.3 Å². The lowest BCUT2D eigenvalue weighted by Gasteiger charge is -2.39. The molecule has 4 heteroatoms. The van der Waals surface area contributed by atoms with Crippen LogP contribution in [0.1, 0.15) is 19.3 Å². The first-order chi connectivity index (χ1) is 6.77. The van der Waals surface area contributed by atoms with E-state index in [-0.39, 0.29) is 3.92 Å². The van der Waals surface area contributed by atoms with Crippen LogP contribution < -0.4 is 0 Å². The zero-order valence-corrected chi connectivity index (χ0v) is 10.5. The summed E-state index contributed by atoms with van der Waals surface area (Å²) in [6.45, 7) is 3.41. The van der Waals surface area contributed by atoms with Crippen molar-refractivity contribution in [3.8, 4) is 0 Å². The smallest absolute Gasteiger partial charge is 0.124 e. The fourth-order valence-corrected chi connectivity index (χ4v) is 2.79. The van der Waals surface area contributed by atoms with Crippen LogP contribution in [0.25, 0.3) is 0 Å². The summed E-state index contributed by atoms with van der Waals surface area (Å²) in [6, 6.07) is 0.575. The lowest BCUT2D eigenvalue weighted by Crippen LogP contribution is -2.49. The number of ether oxygens (including phenoxy) is 1. The molecule has 0 unspecified atom stereocenters. The van der Waals surface area contributed by atoms with E-state index in [4.69, 9.17) is 4.74 Å². The topological polar surface area (TPSA) is 12.5 Å². The molecule has 14 heavy (non-hydrogen) atoms. The Kier molecular flexibility index (Phi) is 4.01. The van der Waals surface area contributed by atoms with Crippen molar-refractivity contribution in [1.29, 1.82) is 0 Å². The third-order valence-electron chi connectivity index (χ3n) is 3.20. The summed E-state index contributed by atoms with van der Waals surface area (Å²) < 4.78 is 19.0. The summed E-state index contributed by atoms with van der Waals surface area (Å²) in [4.78, 5) is 2.32. The summed E-state index contributed by atoms with van der Waals surface area (Å²) >= 11 is 2.24. The normalized spacial score (nSPS) is 37.3. The van der Waals surface area contributed by atoms with Crippen molar-refractivity contribution >= 4 is 22.6 Å². The van der Waals surface area contributed by atoms with Crippen molar-refractivity contribution in [2.45, 2.75) is 35.4 Å². The minimum Gasteiger partial charge on any atom is -0.381 e. The van der Waals surface area contributed by atoms with E-state index in [0.717, 1.165) is 39.0 Å². The van der Waals surface area contributed by atoms with Crippen LogP contribution in [-0.4, -0.2) is 47.3 Å². The quantitative estimate of drug-likeness (QED) is 0.542. The highest BCUT2D eigenvalue weighted by Gasteiger charge is 2.31. The highest BCUT2D eigenvalue weighted by atomic mass is 127. The van der Waals surface area contributed by atoms with E-state index < -0.39 is 6.17 Å². The molecular formula is C10H17FINO. The Morgan fingerprint density at radius 2 is 1.93 bits per heavy atom. The van der Waals surface area contributed by atoms with Crippen LogP contribution in [-0.2, 0) is 4.74 Å². The standard InChI is InChI=1S/C10H17FINO/c11-9-7-13(4-1-10(9)12)8-2-5-14-6-3-8/h8-10H,1-7H2/t9-,10+/m0/s1. The summed E-state index contributed by atoms with van der Waals surface area (Å²) in [7, 11) is 0. The van der Waals surface area contributed by atoms with Crippen LogP contribution >= 0.6 is 22.6 Å². The van der Waals surface area contributed by atoms with Crippen LogP contribution in [0.4, 0.5) is 4.39 Å². The van der Waals surface area contributed by atoms with Crippen molar-refractivity contribution in [2.24, 2.45) is 0 Å². The second kappa shape index (κ2) is 5.07. The first-order valence-electron chi connectivity index (χ1n) is 5.37. The molecule has 2 rings (SSSR count). The van der Waals surface area contributed by atoms with Crippen molar-refractivity contribution in [1.82, 2.24) is 4.90 Å². The van der Waals surface area contributed by atoms with Gasteiger partial charge < -0.3 is 4.74 Å². The van der Waals surface area contributed by atoms with E-state index in [1.54, 1.807) is 0 Å². The van der Waals surface area contributed by atoms with Gasteiger partial charge in [-0.2, -0.15) is 0 Å². The molecule has 0 aromatic carbocycles. The van der Waals surface area contributed by atoms with E-state index in [0.29, 0.717) is 12.6 Å². The molecule has 2 nitrogen and oxygen atoms in total. The Balaban J connectivity index is 1.85. The van der Waals surface area contributed by atoms with Gasteiger partial charge in [0, 0.05) is 29.7 Å². The summed E-state index contributed by atoms with van der Waals surface area (Å²) in [5, 5.41) is 0. The SMILES string of the molecule is F[C@H]1CN(C2CCOCC2)CC[C@H]1I. The highest BCUT2D eigenvalue weighted by Crippen LogP contribution is 2.25. The van der Waals surface area contributed by atoms with Gasteiger partial charge in [-0.25, -0.2) is 4.39 Å². The molecule has 2 atom stereocenters. The molecule has 82 valence electrons. The lowest BCUT2D eigenvalue weighted by atomic mass is 10.0. The van der Waals surface area contributed by atoms with Crippen molar-refractivity contribution in [3.05, 3.63) is 0 Å².